The van der Waals surface area contributed by atoms with Gasteiger partial charge in [0.25, 0.3) is 11.7 Å². The number of hydrogen-bond acceptors (Lipinski definition) is 7. The number of aromatic nitrogens is 1. The number of amides is 1. The number of nitrogens with zero attached hydrogens (tertiary/aromatic N) is 2. The Labute approximate surface area is 174 Å². The molecular formula is C22H24N2O6. The molecule has 3 rings (SSSR count). The number of aliphatic hydroxyl groups is 1. The number of carbonyl (C=O) groups excluding carboxylic acids is 2. The molecule has 1 amide bonds. The molecule has 30 heavy (non-hydrogen) atoms. The fourth-order valence-electron chi connectivity index (χ4n) is 3.47. The van der Waals surface area contributed by atoms with Crippen molar-refractivity contribution >= 4 is 17.4 Å². The minimum atomic E-state index is -0.810. The number of benzene rings is 1. The van der Waals surface area contributed by atoms with Crippen LogP contribution in [0.3, 0.4) is 0 Å². The number of pyridine rings is 1. The molecule has 1 fully saturated rings. The zero-order valence-electron chi connectivity index (χ0n) is 17.1. The number of methoxy groups -OCH3 is 3. The fourth-order valence-corrected chi connectivity index (χ4v) is 3.47. The highest BCUT2D eigenvalue weighted by atomic mass is 16.5. The number of hydrogen-bond donors (Lipinski definition) is 1. The lowest BCUT2D eigenvalue weighted by molar-refractivity contribution is -0.140. The molecule has 2 aromatic rings. The van der Waals surface area contributed by atoms with Crippen LogP contribution in [0.5, 0.6) is 11.5 Å². The van der Waals surface area contributed by atoms with E-state index in [0.717, 1.165) is 0 Å². The van der Waals surface area contributed by atoms with Gasteiger partial charge < -0.3 is 24.2 Å². The number of aliphatic hydroxyl groups excluding tert-OH is 1. The molecule has 8 heteroatoms. The van der Waals surface area contributed by atoms with Crippen molar-refractivity contribution in [2.24, 2.45) is 0 Å². The van der Waals surface area contributed by atoms with Gasteiger partial charge in [0.15, 0.2) is 0 Å². The van der Waals surface area contributed by atoms with E-state index in [1.807, 2.05) is 0 Å². The summed E-state index contributed by atoms with van der Waals surface area (Å²) < 4.78 is 15.6. The van der Waals surface area contributed by atoms with Crippen LogP contribution in [0.1, 0.15) is 23.7 Å². The second kappa shape index (κ2) is 9.41. The van der Waals surface area contributed by atoms with E-state index in [1.165, 1.54) is 19.1 Å². The highest BCUT2D eigenvalue weighted by Crippen LogP contribution is 2.40. The van der Waals surface area contributed by atoms with Gasteiger partial charge in [-0.15, -0.1) is 0 Å². The van der Waals surface area contributed by atoms with Crippen LogP contribution in [0.2, 0.25) is 0 Å². The summed E-state index contributed by atoms with van der Waals surface area (Å²) in [5.41, 5.74) is 0.747. The maximum atomic E-state index is 12.9. The first-order chi connectivity index (χ1) is 14.5. The second-order valence-electron chi connectivity index (χ2n) is 6.66. The third-order valence-corrected chi connectivity index (χ3v) is 4.92. The van der Waals surface area contributed by atoms with E-state index in [0.29, 0.717) is 30.2 Å². The SMILES string of the molecule is COCCCN1C(=O)C(=O)/C(=C(\O)c2ccc(OC)cc2OC)C1c1ccccn1. The average Bonchev–Trinajstić information content (AvgIpc) is 3.04. The number of likely N-dealkylation sites (tertiary alicyclic amines) is 1. The molecule has 1 saturated heterocycles. The summed E-state index contributed by atoms with van der Waals surface area (Å²) in [6.45, 7) is 0.723. The van der Waals surface area contributed by atoms with Crippen LogP contribution in [0.25, 0.3) is 5.76 Å². The van der Waals surface area contributed by atoms with E-state index >= 15 is 0 Å². The Bertz CT molecular complexity index is 957. The number of ether oxygens (including phenoxy) is 3. The Morgan fingerprint density at radius 1 is 1.13 bits per heavy atom. The molecule has 0 bridgehead atoms. The largest absolute Gasteiger partial charge is 0.507 e. The summed E-state index contributed by atoms with van der Waals surface area (Å²) in [6.07, 6.45) is 2.12. The smallest absolute Gasteiger partial charge is 0.295 e. The molecule has 1 N–H and O–H groups in total. The van der Waals surface area contributed by atoms with Gasteiger partial charge in [-0.25, -0.2) is 0 Å². The minimum absolute atomic E-state index is 0.0282. The van der Waals surface area contributed by atoms with Crippen molar-refractivity contribution in [3.05, 3.63) is 59.4 Å². The van der Waals surface area contributed by atoms with Crippen LogP contribution in [-0.4, -0.2) is 61.2 Å². The molecule has 0 spiro atoms. The van der Waals surface area contributed by atoms with E-state index in [1.54, 1.807) is 49.7 Å². The van der Waals surface area contributed by atoms with Gasteiger partial charge in [0.05, 0.1) is 31.1 Å². The van der Waals surface area contributed by atoms with Crippen LogP contribution in [0.4, 0.5) is 0 Å². The first-order valence-electron chi connectivity index (χ1n) is 9.44. The number of rotatable bonds is 8. The molecule has 0 radical (unpaired) electrons. The predicted molar refractivity (Wildman–Crippen MR) is 109 cm³/mol. The molecule has 0 aliphatic carbocycles. The monoisotopic (exact) mass is 412 g/mol. The van der Waals surface area contributed by atoms with Crippen LogP contribution >= 0.6 is 0 Å². The van der Waals surface area contributed by atoms with Crippen LogP contribution in [-0.2, 0) is 14.3 Å². The van der Waals surface area contributed by atoms with Gasteiger partial charge >= 0.3 is 0 Å². The molecule has 1 aliphatic rings. The van der Waals surface area contributed by atoms with Crippen molar-refractivity contribution in [2.45, 2.75) is 12.5 Å². The van der Waals surface area contributed by atoms with E-state index in [2.05, 4.69) is 4.98 Å². The van der Waals surface area contributed by atoms with Crippen molar-refractivity contribution in [1.29, 1.82) is 0 Å². The Kier molecular flexibility index (Phi) is 6.68. The minimum Gasteiger partial charge on any atom is -0.507 e. The van der Waals surface area contributed by atoms with E-state index in [9.17, 15) is 14.7 Å². The molecule has 1 unspecified atom stereocenters. The third-order valence-electron chi connectivity index (χ3n) is 4.92. The van der Waals surface area contributed by atoms with Gasteiger partial charge in [-0.3, -0.25) is 14.6 Å². The van der Waals surface area contributed by atoms with E-state index in [4.69, 9.17) is 14.2 Å². The zero-order valence-corrected chi connectivity index (χ0v) is 17.1. The summed E-state index contributed by atoms with van der Waals surface area (Å²) in [5.74, 6) is -0.922. The maximum Gasteiger partial charge on any atom is 0.295 e. The first kappa shape index (κ1) is 21.3. The quantitative estimate of drug-likeness (QED) is 0.308. The first-order valence-corrected chi connectivity index (χ1v) is 9.44. The zero-order chi connectivity index (χ0) is 21.7. The predicted octanol–water partition coefficient (Wildman–Crippen LogP) is 2.56. The third kappa shape index (κ3) is 3.99. The van der Waals surface area contributed by atoms with Crippen LogP contribution in [0, 0.1) is 0 Å². The van der Waals surface area contributed by atoms with Crippen molar-refractivity contribution < 1.29 is 28.9 Å². The van der Waals surface area contributed by atoms with Crippen molar-refractivity contribution in [3.8, 4) is 11.5 Å². The summed E-state index contributed by atoms with van der Waals surface area (Å²) in [7, 11) is 4.53. The topological polar surface area (TPSA) is 98.2 Å². The molecule has 8 nitrogen and oxygen atoms in total. The van der Waals surface area contributed by atoms with Gasteiger partial charge in [0.1, 0.15) is 23.3 Å². The molecular weight excluding hydrogens is 388 g/mol. The molecule has 158 valence electrons. The van der Waals surface area contributed by atoms with Gasteiger partial charge in [0.2, 0.25) is 0 Å². The summed E-state index contributed by atoms with van der Waals surface area (Å²) in [6, 6.07) is 9.24. The molecule has 1 aromatic heterocycles. The van der Waals surface area contributed by atoms with Crippen molar-refractivity contribution in [3.63, 3.8) is 0 Å². The summed E-state index contributed by atoms with van der Waals surface area (Å²) in [5, 5.41) is 11.1. The number of carbonyl (C=O) groups is 2. The molecule has 1 aromatic carbocycles. The maximum absolute atomic E-state index is 12.9. The van der Waals surface area contributed by atoms with Crippen molar-refractivity contribution in [1.82, 2.24) is 9.88 Å². The molecule has 2 heterocycles. The Balaban J connectivity index is 2.14. The number of ketones is 1. The lowest BCUT2D eigenvalue weighted by atomic mass is 9.97. The lowest BCUT2D eigenvalue weighted by Crippen LogP contribution is -2.31. The lowest BCUT2D eigenvalue weighted by Gasteiger charge is -2.24. The van der Waals surface area contributed by atoms with Crippen molar-refractivity contribution in [2.75, 3.05) is 34.5 Å². The highest BCUT2D eigenvalue weighted by molar-refractivity contribution is 6.46. The van der Waals surface area contributed by atoms with Crippen LogP contribution < -0.4 is 9.47 Å². The van der Waals surface area contributed by atoms with E-state index in [-0.39, 0.29) is 23.4 Å². The van der Waals surface area contributed by atoms with Gasteiger partial charge in [-0.05, 0) is 30.7 Å². The average molecular weight is 412 g/mol. The molecule has 1 atom stereocenters. The van der Waals surface area contributed by atoms with Crippen LogP contribution in [0.15, 0.2) is 48.2 Å². The number of Topliss-reactive ketones (excluding diaryl/α,β-unsaturated/α-hetero) is 1. The fraction of sp³-hybridized carbons (Fsp3) is 0.318. The second-order valence-corrected chi connectivity index (χ2v) is 6.66. The van der Waals surface area contributed by atoms with Gasteiger partial charge in [0, 0.05) is 32.5 Å². The molecule has 1 aliphatic heterocycles. The normalized spacial score (nSPS) is 18.0. The van der Waals surface area contributed by atoms with E-state index < -0.39 is 17.7 Å². The molecule has 0 saturated carbocycles. The standard InChI is InChI=1S/C22H24N2O6/c1-28-12-6-11-24-19(16-7-4-5-10-23-16)18(21(26)22(24)27)20(25)15-9-8-14(29-2)13-17(15)30-3/h4-5,7-10,13,19,25H,6,11-12H2,1-3H3/b20-18-. The Morgan fingerprint density at radius 2 is 1.93 bits per heavy atom. The van der Waals surface area contributed by atoms with Gasteiger partial charge in [-0.2, -0.15) is 0 Å². The summed E-state index contributed by atoms with van der Waals surface area (Å²) >= 11 is 0. The highest BCUT2D eigenvalue weighted by Gasteiger charge is 2.46. The van der Waals surface area contributed by atoms with Gasteiger partial charge in [-0.1, -0.05) is 6.07 Å². The Morgan fingerprint density at radius 3 is 2.57 bits per heavy atom. The Hall–Kier alpha value is -3.39. The summed E-state index contributed by atoms with van der Waals surface area (Å²) in [4.78, 5) is 31.5.